The van der Waals surface area contributed by atoms with Gasteiger partial charge in [0.15, 0.2) is 0 Å². The highest BCUT2D eigenvalue weighted by Crippen LogP contribution is 2.25. The third-order valence-corrected chi connectivity index (χ3v) is 3.82. The van der Waals surface area contributed by atoms with Crippen molar-refractivity contribution in [3.8, 4) is 0 Å². The Labute approximate surface area is 115 Å². The maximum atomic E-state index is 12.5. The minimum atomic E-state index is -0.806. The molecule has 1 saturated carbocycles. The summed E-state index contributed by atoms with van der Waals surface area (Å²) in [4.78, 5) is 24.8. The smallest absolute Gasteiger partial charge is 0.303 e. The van der Waals surface area contributed by atoms with E-state index in [0.717, 1.165) is 25.7 Å². The fourth-order valence-corrected chi connectivity index (χ4v) is 2.62. The van der Waals surface area contributed by atoms with E-state index in [9.17, 15) is 9.59 Å². The molecule has 0 aliphatic heterocycles. The fourth-order valence-electron chi connectivity index (χ4n) is 2.62. The molecule has 0 aromatic rings. The summed E-state index contributed by atoms with van der Waals surface area (Å²) in [5.41, 5.74) is 5.86. The van der Waals surface area contributed by atoms with Crippen LogP contribution in [0.1, 0.15) is 52.4 Å². The lowest BCUT2D eigenvalue weighted by atomic mass is 9.85. The van der Waals surface area contributed by atoms with E-state index in [1.54, 1.807) is 0 Å². The van der Waals surface area contributed by atoms with Crippen molar-refractivity contribution in [2.45, 2.75) is 64.5 Å². The van der Waals surface area contributed by atoms with Crippen LogP contribution in [0.4, 0.5) is 0 Å². The molecule has 0 heterocycles. The summed E-state index contributed by atoms with van der Waals surface area (Å²) in [5.74, 6) is -0.556. The molecular formula is C14H26N2O3. The number of amides is 1. The van der Waals surface area contributed by atoms with Gasteiger partial charge in [-0.25, -0.2) is 0 Å². The van der Waals surface area contributed by atoms with Gasteiger partial charge in [-0.15, -0.1) is 0 Å². The molecule has 1 aliphatic rings. The number of hydrogen-bond donors (Lipinski definition) is 2. The Morgan fingerprint density at radius 3 is 2.32 bits per heavy atom. The van der Waals surface area contributed by atoms with Crippen LogP contribution in [0.2, 0.25) is 0 Å². The van der Waals surface area contributed by atoms with Gasteiger partial charge in [0, 0.05) is 31.0 Å². The third kappa shape index (κ3) is 5.19. The summed E-state index contributed by atoms with van der Waals surface area (Å²) in [6.45, 7) is 4.49. The number of carbonyl (C=O) groups excluding carboxylic acids is 1. The molecule has 0 saturated heterocycles. The van der Waals surface area contributed by atoms with Crippen molar-refractivity contribution < 1.29 is 14.7 Å². The number of aliphatic carboxylic acids is 1. The average Bonchev–Trinajstić information content (AvgIpc) is 2.34. The number of carboxylic acids is 1. The van der Waals surface area contributed by atoms with Crippen molar-refractivity contribution >= 4 is 11.9 Å². The quantitative estimate of drug-likeness (QED) is 0.768. The normalized spacial score (nSPS) is 23.4. The molecule has 0 spiro atoms. The van der Waals surface area contributed by atoms with Gasteiger partial charge in [-0.1, -0.05) is 0 Å². The molecule has 3 N–H and O–H groups in total. The Balaban J connectivity index is 2.50. The van der Waals surface area contributed by atoms with Gasteiger partial charge in [0.05, 0.1) is 0 Å². The van der Waals surface area contributed by atoms with Crippen LogP contribution in [0.25, 0.3) is 0 Å². The van der Waals surface area contributed by atoms with Crippen molar-refractivity contribution in [3.63, 3.8) is 0 Å². The van der Waals surface area contributed by atoms with Gasteiger partial charge in [-0.2, -0.15) is 0 Å². The predicted octanol–water partition coefficient (Wildman–Crippen LogP) is 1.61. The van der Waals surface area contributed by atoms with Crippen LogP contribution >= 0.6 is 0 Å². The lowest BCUT2D eigenvalue weighted by molar-refractivity contribution is -0.140. The first-order valence-electron chi connectivity index (χ1n) is 7.19. The van der Waals surface area contributed by atoms with Crippen LogP contribution in [-0.2, 0) is 9.59 Å². The molecule has 0 bridgehead atoms. The second kappa shape index (κ2) is 7.48. The first kappa shape index (κ1) is 16.0. The number of carboxylic acid groups (broad SMARTS) is 1. The fraction of sp³-hybridized carbons (Fsp3) is 0.857. The first-order valence-corrected chi connectivity index (χ1v) is 7.19. The van der Waals surface area contributed by atoms with Crippen LogP contribution in [0.5, 0.6) is 0 Å². The third-order valence-electron chi connectivity index (χ3n) is 3.82. The summed E-state index contributed by atoms with van der Waals surface area (Å²) in [6, 6.07) is 0.362. The lowest BCUT2D eigenvalue weighted by Gasteiger charge is -2.33. The van der Waals surface area contributed by atoms with E-state index < -0.39 is 5.97 Å². The van der Waals surface area contributed by atoms with Gasteiger partial charge >= 0.3 is 5.97 Å². The number of carbonyl (C=O) groups is 2. The van der Waals surface area contributed by atoms with Crippen LogP contribution in [0, 0.1) is 5.92 Å². The second-order valence-electron chi connectivity index (χ2n) is 5.73. The minimum absolute atomic E-state index is 0.0760. The van der Waals surface area contributed by atoms with E-state index in [2.05, 4.69) is 0 Å². The topological polar surface area (TPSA) is 83.6 Å². The zero-order chi connectivity index (χ0) is 14.4. The van der Waals surface area contributed by atoms with E-state index >= 15 is 0 Å². The highest BCUT2D eigenvalue weighted by molar-refractivity contribution is 5.79. The summed E-state index contributed by atoms with van der Waals surface area (Å²) in [5, 5.41) is 8.66. The van der Waals surface area contributed by atoms with Crippen LogP contribution < -0.4 is 5.73 Å². The highest BCUT2D eigenvalue weighted by Gasteiger charge is 2.29. The SMILES string of the molecule is CC(C)N(CCCC(=O)O)C(=O)C1CCC(N)CC1. The molecule has 1 amide bonds. The molecule has 0 aromatic heterocycles. The van der Waals surface area contributed by atoms with Crippen molar-refractivity contribution in [1.29, 1.82) is 0 Å². The predicted molar refractivity (Wildman–Crippen MR) is 73.7 cm³/mol. The average molecular weight is 270 g/mol. The van der Waals surface area contributed by atoms with E-state index in [0.29, 0.717) is 13.0 Å². The Kier molecular flexibility index (Phi) is 6.28. The maximum absolute atomic E-state index is 12.5. The Bertz CT molecular complexity index is 310. The molecule has 0 unspecified atom stereocenters. The summed E-state index contributed by atoms with van der Waals surface area (Å²) in [7, 11) is 0. The second-order valence-corrected chi connectivity index (χ2v) is 5.73. The molecule has 19 heavy (non-hydrogen) atoms. The lowest BCUT2D eigenvalue weighted by Crippen LogP contribution is -2.43. The van der Waals surface area contributed by atoms with Crippen LogP contribution in [0.15, 0.2) is 0 Å². The zero-order valence-corrected chi connectivity index (χ0v) is 12.0. The van der Waals surface area contributed by atoms with Crippen molar-refractivity contribution in [1.82, 2.24) is 4.90 Å². The van der Waals surface area contributed by atoms with Crippen LogP contribution in [0.3, 0.4) is 0 Å². The first-order chi connectivity index (χ1) is 8.91. The number of nitrogens with two attached hydrogens (primary N) is 1. The van der Waals surface area contributed by atoms with Gasteiger partial charge in [0.1, 0.15) is 0 Å². The Hall–Kier alpha value is -1.10. The number of nitrogens with zero attached hydrogens (tertiary/aromatic N) is 1. The minimum Gasteiger partial charge on any atom is -0.481 e. The molecule has 5 heteroatoms. The molecule has 1 fully saturated rings. The van der Waals surface area contributed by atoms with Gasteiger partial charge in [0.2, 0.25) is 5.91 Å². The van der Waals surface area contributed by atoms with Gasteiger partial charge in [0.25, 0.3) is 0 Å². The molecule has 5 nitrogen and oxygen atoms in total. The molecule has 1 aliphatic carbocycles. The molecule has 0 aromatic carbocycles. The summed E-state index contributed by atoms with van der Waals surface area (Å²) < 4.78 is 0. The summed E-state index contributed by atoms with van der Waals surface area (Å²) >= 11 is 0. The molecule has 110 valence electrons. The van der Waals surface area contributed by atoms with E-state index in [1.807, 2.05) is 18.7 Å². The maximum Gasteiger partial charge on any atom is 0.303 e. The van der Waals surface area contributed by atoms with E-state index in [-0.39, 0.29) is 30.3 Å². The number of rotatable bonds is 6. The van der Waals surface area contributed by atoms with Gasteiger partial charge in [-0.3, -0.25) is 9.59 Å². The van der Waals surface area contributed by atoms with Crippen molar-refractivity contribution in [2.24, 2.45) is 11.7 Å². The van der Waals surface area contributed by atoms with E-state index in [1.165, 1.54) is 0 Å². The van der Waals surface area contributed by atoms with Crippen molar-refractivity contribution in [3.05, 3.63) is 0 Å². The van der Waals surface area contributed by atoms with Crippen molar-refractivity contribution in [2.75, 3.05) is 6.54 Å². The van der Waals surface area contributed by atoms with Crippen LogP contribution in [-0.4, -0.2) is 40.5 Å². The van der Waals surface area contributed by atoms with E-state index in [4.69, 9.17) is 10.8 Å². The largest absolute Gasteiger partial charge is 0.481 e. The van der Waals surface area contributed by atoms with Gasteiger partial charge < -0.3 is 15.7 Å². The number of hydrogen-bond acceptors (Lipinski definition) is 3. The molecular weight excluding hydrogens is 244 g/mol. The summed E-state index contributed by atoms with van der Waals surface area (Å²) in [6.07, 6.45) is 4.19. The Morgan fingerprint density at radius 1 is 1.26 bits per heavy atom. The molecule has 0 radical (unpaired) electrons. The molecule has 0 atom stereocenters. The zero-order valence-electron chi connectivity index (χ0n) is 12.0. The Morgan fingerprint density at radius 2 is 1.84 bits per heavy atom. The molecule has 1 rings (SSSR count). The standard InChI is InChI=1S/C14H26N2O3/c1-10(2)16(9-3-4-13(17)18)14(19)11-5-7-12(15)8-6-11/h10-12H,3-9,15H2,1-2H3,(H,17,18). The highest BCUT2D eigenvalue weighted by atomic mass is 16.4. The monoisotopic (exact) mass is 270 g/mol. The van der Waals surface area contributed by atoms with Gasteiger partial charge in [-0.05, 0) is 46.0 Å².